The first-order valence-electron chi connectivity index (χ1n) is 8.89. The largest absolute Gasteiger partial charge is 0.508 e. The lowest BCUT2D eigenvalue weighted by atomic mass is 10.0. The molecule has 134 valence electrons. The predicted molar refractivity (Wildman–Crippen MR) is 97.1 cm³/mol. The first-order valence-corrected chi connectivity index (χ1v) is 8.89. The zero-order valence-electron chi connectivity index (χ0n) is 15.0. The van der Waals surface area contributed by atoms with E-state index in [-0.39, 0.29) is 11.9 Å². The summed E-state index contributed by atoms with van der Waals surface area (Å²) in [6.45, 7) is 6.88. The minimum Gasteiger partial charge on any atom is -0.508 e. The number of ether oxygens (including phenoxy) is 1. The van der Waals surface area contributed by atoms with Crippen molar-refractivity contribution in [1.29, 1.82) is 0 Å². The molecule has 3 nitrogen and oxygen atoms in total. The SMILES string of the molecule is Cc1cc(O)c(CN(Cc2cccc(F)c2)C[C@H]2CCCO2)cc1C. The van der Waals surface area contributed by atoms with Gasteiger partial charge in [-0.1, -0.05) is 18.2 Å². The number of phenols is 1. The Kier molecular flexibility index (Phi) is 5.71. The highest BCUT2D eigenvalue weighted by atomic mass is 19.1. The second kappa shape index (κ2) is 7.98. The number of rotatable bonds is 6. The van der Waals surface area contributed by atoms with Crippen LogP contribution < -0.4 is 0 Å². The summed E-state index contributed by atoms with van der Waals surface area (Å²) in [5.74, 6) is 0.100. The van der Waals surface area contributed by atoms with Gasteiger partial charge in [0.25, 0.3) is 0 Å². The van der Waals surface area contributed by atoms with Crippen LogP contribution in [0.4, 0.5) is 4.39 Å². The molecule has 0 bridgehead atoms. The molecule has 1 heterocycles. The fourth-order valence-electron chi connectivity index (χ4n) is 3.38. The third kappa shape index (κ3) is 4.80. The molecule has 1 aliphatic heterocycles. The van der Waals surface area contributed by atoms with Gasteiger partial charge in [0.1, 0.15) is 11.6 Å². The molecule has 4 heteroatoms. The van der Waals surface area contributed by atoms with Gasteiger partial charge in [0.05, 0.1) is 6.10 Å². The van der Waals surface area contributed by atoms with Crippen LogP contribution in [-0.4, -0.2) is 29.3 Å². The average Bonchev–Trinajstić information content (AvgIpc) is 3.05. The fourth-order valence-corrected chi connectivity index (χ4v) is 3.38. The molecule has 0 aromatic heterocycles. The molecule has 0 unspecified atom stereocenters. The molecule has 1 N–H and O–H groups in total. The van der Waals surface area contributed by atoms with Gasteiger partial charge in [-0.15, -0.1) is 0 Å². The smallest absolute Gasteiger partial charge is 0.123 e. The molecule has 1 atom stereocenters. The van der Waals surface area contributed by atoms with Gasteiger partial charge < -0.3 is 9.84 Å². The molecule has 0 amide bonds. The standard InChI is InChI=1S/C21H26FNO2/c1-15-9-18(21(24)10-16(15)2)13-23(14-20-7-4-8-25-20)12-17-5-3-6-19(22)11-17/h3,5-6,9-11,20,24H,4,7-8,12-14H2,1-2H3/t20-/m1/s1. The second-order valence-electron chi connectivity index (χ2n) is 7.00. The Morgan fingerprint density at radius 2 is 1.96 bits per heavy atom. The zero-order chi connectivity index (χ0) is 17.8. The number of phenolic OH excluding ortho intramolecular Hbond substituents is 1. The second-order valence-corrected chi connectivity index (χ2v) is 7.00. The minimum atomic E-state index is -0.219. The zero-order valence-corrected chi connectivity index (χ0v) is 15.0. The van der Waals surface area contributed by atoms with Crippen molar-refractivity contribution in [2.75, 3.05) is 13.2 Å². The normalized spacial score (nSPS) is 17.4. The van der Waals surface area contributed by atoms with Crippen molar-refractivity contribution >= 4 is 0 Å². The number of hydrogen-bond acceptors (Lipinski definition) is 3. The Bertz CT molecular complexity index is 726. The van der Waals surface area contributed by atoms with Crippen molar-refractivity contribution in [3.63, 3.8) is 0 Å². The van der Waals surface area contributed by atoms with E-state index in [1.165, 1.54) is 6.07 Å². The lowest BCUT2D eigenvalue weighted by Crippen LogP contribution is -2.31. The minimum absolute atomic E-state index is 0.210. The number of aromatic hydroxyl groups is 1. The van der Waals surface area contributed by atoms with Crippen LogP contribution in [0, 0.1) is 19.7 Å². The summed E-state index contributed by atoms with van der Waals surface area (Å²) in [6.07, 6.45) is 2.36. The van der Waals surface area contributed by atoms with E-state index in [9.17, 15) is 9.50 Å². The molecule has 0 aliphatic carbocycles. The summed E-state index contributed by atoms with van der Waals surface area (Å²) < 4.78 is 19.3. The summed E-state index contributed by atoms with van der Waals surface area (Å²) in [5.41, 5.74) is 4.08. The maximum absolute atomic E-state index is 13.5. The first-order chi connectivity index (χ1) is 12.0. The number of aryl methyl sites for hydroxylation is 2. The van der Waals surface area contributed by atoms with E-state index in [0.29, 0.717) is 18.8 Å². The molecule has 25 heavy (non-hydrogen) atoms. The molecule has 2 aromatic carbocycles. The Morgan fingerprint density at radius 1 is 1.16 bits per heavy atom. The number of hydrogen-bond donors (Lipinski definition) is 1. The van der Waals surface area contributed by atoms with Crippen LogP contribution in [0.15, 0.2) is 36.4 Å². The highest BCUT2D eigenvalue weighted by Gasteiger charge is 2.20. The third-order valence-electron chi connectivity index (χ3n) is 4.87. The lowest BCUT2D eigenvalue weighted by Gasteiger charge is -2.26. The summed E-state index contributed by atoms with van der Waals surface area (Å²) in [5, 5.41) is 10.3. The van der Waals surface area contributed by atoms with E-state index < -0.39 is 0 Å². The van der Waals surface area contributed by atoms with Gasteiger partial charge in [0, 0.05) is 31.8 Å². The number of benzene rings is 2. The Hall–Kier alpha value is -1.91. The van der Waals surface area contributed by atoms with E-state index >= 15 is 0 Å². The molecule has 3 rings (SSSR count). The van der Waals surface area contributed by atoms with Crippen molar-refractivity contribution in [1.82, 2.24) is 4.90 Å². The van der Waals surface area contributed by atoms with Gasteiger partial charge in [-0.25, -0.2) is 4.39 Å². The topological polar surface area (TPSA) is 32.7 Å². The highest BCUT2D eigenvalue weighted by Crippen LogP contribution is 2.25. The van der Waals surface area contributed by atoms with Crippen molar-refractivity contribution < 1.29 is 14.2 Å². The van der Waals surface area contributed by atoms with Crippen LogP contribution in [0.5, 0.6) is 5.75 Å². The summed E-state index contributed by atoms with van der Waals surface area (Å²) >= 11 is 0. The quantitative estimate of drug-likeness (QED) is 0.847. The van der Waals surface area contributed by atoms with Gasteiger partial charge >= 0.3 is 0 Å². The van der Waals surface area contributed by atoms with Crippen LogP contribution in [0.2, 0.25) is 0 Å². The number of halogens is 1. The van der Waals surface area contributed by atoms with Crippen LogP contribution in [-0.2, 0) is 17.8 Å². The predicted octanol–water partition coefficient (Wildman–Crippen LogP) is 4.33. The summed E-state index contributed by atoms with van der Waals surface area (Å²) in [7, 11) is 0. The van der Waals surface area contributed by atoms with Gasteiger partial charge in [-0.2, -0.15) is 0 Å². The molecular weight excluding hydrogens is 317 g/mol. The van der Waals surface area contributed by atoms with Crippen molar-refractivity contribution in [2.45, 2.75) is 45.9 Å². The molecule has 1 aliphatic rings. The van der Waals surface area contributed by atoms with Crippen LogP contribution >= 0.6 is 0 Å². The molecule has 0 radical (unpaired) electrons. The monoisotopic (exact) mass is 343 g/mol. The molecular formula is C21H26FNO2. The van der Waals surface area contributed by atoms with Gasteiger partial charge in [-0.05, 0) is 61.6 Å². The first kappa shape index (κ1) is 17.9. The Balaban J connectivity index is 1.79. The van der Waals surface area contributed by atoms with Crippen molar-refractivity contribution in [3.8, 4) is 5.75 Å². The van der Waals surface area contributed by atoms with E-state index in [4.69, 9.17) is 4.74 Å². The van der Waals surface area contributed by atoms with Crippen molar-refractivity contribution in [2.24, 2.45) is 0 Å². The Labute approximate surface area is 149 Å². The van der Waals surface area contributed by atoms with Crippen LogP contribution in [0.25, 0.3) is 0 Å². The maximum Gasteiger partial charge on any atom is 0.123 e. The lowest BCUT2D eigenvalue weighted by molar-refractivity contribution is 0.0676. The van der Waals surface area contributed by atoms with Gasteiger partial charge in [-0.3, -0.25) is 4.90 Å². The highest BCUT2D eigenvalue weighted by molar-refractivity contribution is 5.40. The summed E-state index contributed by atoms with van der Waals surface area (Å²) in [4.78, 5) is 2.23. The van der Waals surface area contributed by atoms with Crippen LogP contribution in [0.1, 0.15) is 35.1 Å². The molecule has 0 saturated carbocycles. The fraction of sp³-hybridized carbons (Fsp3) is 0.429. The van der Waals surface area contributed by atoms with Gasteiger partial charge in [0.2, 0.25) is 0 Å². The van der Waals surface area contributed by atoms with E-state index in [2.05, 4.69) is 11.8 Å². The van der Waals surface area contributed by atoms with Gasteiger partial charge in [0.15, 0.2) is 0 Å². The van der Waals surface area contributed by atoms with E-state index in [1.54, 1.807) is 12.1 Å². The van der Waals surface area contributed by atoms with Crippen LogP contribution in [0.3, 0.4) is 0 Å². The van der Waals surface area contributed by atoms with E-state index in [0.717, 1.165) is 48.2 Å². The molecule has 1 fully saturated rings. The molecule has 1 saturated heterocycles. The Morgan fingerprint density at radius 3 is 2.68 bits per heavy atom. The number of nitrogens with zero attached hydrogens (tertiary/aromatic N) is 1. The maximum atomic E-state index is 13.5. The summed E-state index contributed by atoms with van der Waals surface area (Å²) in [6, 6.07) is 10.6. The average molecular weight is 343 g/mol. The van der Waals surface area contributed by atoms with E-state index in [1.807, 2.05) is 25.1 Å². The molecule has 0 spiro atoms. The van der Waals surface area contributed by atoms with Crippen molar-refractivity contribution in [3.05, 3.63) is 64.5 Å². The third-order valence-corrected chi connectivity index (χ3v) is 4.87. The molecule has 2 aromatic rings.